The summed E-state index contributed by atoms with van der Waals surface area (Å²) in [4.78, 5) is 9.87. The molecule has 0 radical (unpaired) electrons. The van der Waals surface area contributed by atoms with E-state index in [-0.39, 0.29) is 18.0 Å². The summed E-state index contributed by atoms with van der Waals surface area (Å²) in [6, 6.07) is 5.28. The Labute approximate surface area is 105 Å². The molecular formula is C10H14N2O5S. The molecule has 1 aromatic rings. The minimum atomic E-state index is -3.54. The summed E-state index contributed by atoms with van der Waals surface area (Å²) >= 11 is 0. The molecule has 0 heterocycles. The molecule has 18 heavy (non-hydrogen) atoms. The molecule has 1 aromatic carbocycles. The minimum absolute atomic E-state index is 0.0602. The average molecular weight is 274 g/mol. The summed E-state index contributed by atoms with van der Waals surface area (Å²) in [5, 5.41) is 19.4. The third-order valence-electron chi connectivity index (χ3n) is 2.10. The van der Waals surface area contributed by atoms with Crippen molar-refractivity contribution in [2.45, 2.75) is 18.8 Å². The first kappa shape index (κ1) is 14.6. The van der Waals surface area contributed by atoms with Gasteiger partial charge in [0, 0.05) is 18.7 Å². The van der Waals surface area contributed by atoms with Crippen LogP contribution in [0.25, 0.3) is 0 Å². The maximum Gasteiger partial charge on any atom is 0.269 e. The summed E-state index contributed by atoms with van der Waals surface area (Å²) in [5.41, 5.74) is 0.354. The number of sulfonamides is 1. The normalized spacial score (nSPS) is 13.2. The lowest BCUT2D eigenvalue weighted by Gasteiger charge is -2.08. The number of benzene rings is 1. The fourth-order valence-electron chi connectivity index (χ4n) is 1.23. The molecule has 0 aliphatic heterocycles. The molecule has 0 saturated carbocycles. The van der Waals surface area contributed by atoms with Gasteiger partial charge >= 0.3 is 0 Å². The van der Waals surface area contributed by atoms with Crippen LogP contribution in [0.15, 0.2) is 24.3 Å². The highest BCUT2D eigenvalue weighted by Crippen LogP contribution is 2.13. The van der Waals surface area contributed by atoms with Crippen LogP contribution >= 0.6 is 0 Å². The van der Waals surface area contributed by atoms with E-state index in [0.717, 1.165) is 0 Å². The zero-order chi connectivity index (χ0) is 13.8. The number of rotatable bonds is 6. The van der Waals surface area contributed by atoms with Gasteiger partial charge in [0.2, 0.25) is 10.0 Å². The number of nitro benzene ring substituents is 1. The number of nitro groups is 1. The standard InChI is InChI=1S/C10H14N2O5S/c1-8(13)6-11-18(16,17)7-9-2-4-10(5-3-9)12(14)15/h2-5,8,11,13H,6-7H2,1H3/t8-/m1/s1. The lowest BCUT2D eigenvalue weighted by molar-refractivity contribution is -0.384. The predicted molar refractivity (Wildman–Crippen MR) is 65.4 cm³/mol. The summed E-state index contributed by atoms with van der Waals surface area (Å²) in [7, 11) is -3.54. The van der Waals surface area contributed by atoms with Crippen molar-refractivity contribution in [1.82, 2.24) is 4.72 Å². The molecule has 0 saturated heterocycles. The van der Waals surface area contributed by atoms with Crippen molar-refractivity contribution >= 4 is 15.7 Å². The van der Waals surface area contributed by atoms with Crippen LogP contribution in [0.4, 0.5) is 5.69 Å². The molecule has 100 valence electrons. The van der Waals surface area contributed by atoms with E-state index in [0.29, 0.717) is 5.56 Å². The highest BCUT2D eigenvalue weighted by Gasteiger charge is 2.13. The second-order valence-electron chi connectivity index (χ2n) is 3.88. The molecule has 8 heteroatoms. The van der Waals surface area contributed by atoms with Gasteiger partial charge in [-0.25, -0.2) is 13.1 Å². The van der Waals surface area contributed by atoms with Gasteiger partial charge < -0.3 is 5.11 Å². The lowest BCUT2D eigenvalue weighted by atomic mass is 10.2. The maximum atomic E-state index is 11.6. The van der Waals surface area contributed by atoms with E-state index in [9.17, 15) is 18.5 Å². The Morgan fingerprint density at radius 3 is 2.39 bits per heavy atom. The van der Waals surface area contributed by atoms with E-state index in [2.05, 4.69) is 4.72 Å². The van der Waals surface area contributed by atoms with E-state index < -0.39 is 21.1 Å². The highest BCUT2D eigenvalue weighted by atomic mass is 32.2. The van der Waals surface area contributed by atoms with Crippen molar-refractivity contribution in [3.63, 3.8) is 0 Å². The van der Waals surface area contributed by atoms with E-state index in [4.69, 9.17) is 5.11 Å². The molecule has 0 spiro atoms. The first-order valence-corrected chi connectivity index (χ1v) is 6.84. The SMILES string of the molecule is C[C@@H](O)CNS(=O)(=O)Cc1ccc([N+](=O)[O-])cc1. The number of nitrogens with zero attached hydrogens (tertiary/aromatic N) is 1. The van der Waals surface area contributed by atoms with Crippen molar-refractivity contribution in [3.8, 4) is 0 Å². The Kier molecular flexibility index (Phi) is 4.76. The van der Waals surface area contributed by atoms with Gasteiger partial charge in [0.05, 0.1) is 16.8 Å². The van der Waals surface area contributed by atoms with Crippen molar-refractivity contribution in [1.29, 1.82) is 0 Å². The van der Waals surface area contributed by atoms with Crippen LogP contribution in [0, 0.1) is 10.1 Å². The summed E-state index contributed by atoms with van der Waals surface area (Å²) < 4.78 is 25.4. The Balaban J connectivity index is 2.69. The minimum Gasteiger partial charge on any atom is -0.392 e. The monoisotopic (exact) mass is 274 g/mol. The number of aliphatic hydroxyl groups is 1. The Hall–Kier alpha value is -1.51. The molecule has 0 unspecified atom stereocenters. The summed E-state index contributed by atoms with van der Waals surface area (Å²) in [6.07, 6.45) is -0.767. The molecule has 0 aromatic heterocycles. The summed E-state index contributed by atoms with van der Waals surface area (Å²) in [5.74, 6) is -0.280. The molecule has 0 aliphatic carbocycles. The van der Waals surface area contributed by atoms with Crippen LogP contribution in [0.5, 0.6) is 0 Å². The van der Waals surface area contributed by atoms with Gasteiger partial charge in [-0.2, -0.15) is 0 Å². The Morgan fingerprint density at radius 2 is 1.94 bits per heavy atom. The smallest absolute Gasteiger partial charge is 0.269 e. The lowest BCUT2D eigenvalue weighted by Crippen LogP contribution is -2.31. The van der Waals surface area contributed by atoms with Crippen LogP contribution in [0.1, 0.15) is 12.5 Å². The van der Waals surface area contributed by atoms with Crippen LogP contribution < -0.4 is 4.72 Å². The van der Waals surface area contributed by atoms with Crippen molar-refractivity contribution in [2.75, 3.05) is 6.54 Å². The molecule has 1 atom stereocenters. The van der Waals surface area contributed by atoms with Gasteiger partial charge in [-0.05, 0) is 12.5 Å². The van der Waals surface area contributed by atoms with Gasteiger partial charge in [-0.1, -0.05) is 12.1 Å². The number of hydrogen-bond donors (Lipinski definition) is 2. The van der Waals surface area contributed by atoms with E-state index in [1.165, 1.54) is 31.2 Å². The third kappa shape index (κ3) is 4.78. The van der Waals surface area contributed by atoms with E-state index in [1.807, 2.05) is 0 Å². The zero-order valence-corrected chi connectivity index (χ0v) is 10.6. The van der Waals surface area contributed by atoms with Crippen LogP contribution in [0.3, 0.4) is 0 Å². The van der Waals surface area contributed by atoms with Gasteiger partial charge in [0.15, 0.2) is 0 Å². The second-order valence-corrected chi connectivity index (χ2v) is 5.69. The average Bonchev–Trinajstić information content (AvgIpc) is 2.27. The number of aliphatic hydroxyl groups excluding tert-OH is 1. The fraction of sp³-hybridized carbons (Fsp3) is 0.400. The molecular weight excluding hydrogens is 260 g/mol. The molecule has 0 bridgehead atoms. The van der Waals surface area contributed by atoms with Crippen LogP contribution in [-0.4, -0.2) is 31.1 Å². The molecule has 0 amide bonds. The molecule has 0 aliphatic rings. The second kappa shape index (κ2) is 5.89. The van der Waals surface area contributed by atoms with Crippen molar-refractivity contribution in [2.24, 2.45) is 0 Å². The van der Waals surface area contributed by atoms with Gasteiger partial charge in [-0.3, -0.25) is 10.1 Å². The predicted octanol–water partition coefficient (Wildman–Crippen LogP) is 0.395. The topological polar surface area (TPSA) is 110 Å². The van der Waals surface area contributed by atoms with Gasteiger partial charge in [0.1, 0.15) is 0 Å². The first-order chi connectivity index (χ1) is 8.30. The zero-order valence-electron chi connectivity index (χ0n) is 9.74. The number of nitrogens with one attached hydrogen (secondary N) is 1. The highest BCUT2D eigenvalue weighted by molar-refractivity contribution is 7.88. The van der Waals surface area contributed by atoms with Crippen LogP contribution in [0.2, 0.25) is 0 Å². The molecule has 7 nitrogen and oxygen atoms in total. The quantitative estimate of drug-likeness (QED) is 0.576. The molecule has 0 fully saturated rings. The molecule has 2 N–H and O–H groups in total. The Bertz CT molecular complexity index is 510. The van der Waals surface area contributed by atoms with Gasteiger partial charge in [-0.15, -0.1) is 0 Å². The van der Waals surface area contributed by atoms with Crippen LogP contribution in [-0.2, 0) is 15.8 Å². The third-order valence-corrected chi connectivity index (χ3v) is 3.42. The molecule has 1 rings (SSSR count). The largest absolute Gasteiger partial charge is 0.392 e. The summed E-state index contributed by atoms with van der Waals surface area (Å²) in [6.45, 7) is 1.41. The van der Waals surface area contributed by atoms with E-state index >= 15 is 0 Å². The Morgan fingerprint density at radius 1 is 1.39 bits per heavy atom. The maximum absolute atomic E-state index is 11.6. The van der Waals surface area contributed by atoms with Crippen molar-refractivity contribution in [3.05, 3.63) is 39.9 Å². The number of non-ortho nitro benzene ring substituents is 1. The van der Waals surface area contributed by atoms with Gasteiger partial charge in [0.25, 0.3) is 5.69 Å². The van der Waals surface area contributed by atoms with E-state index in [1.54, 1.807) is 0 Å². The first-order valence-electron chi connectivity index (χ1n) is 5.19. The fourth-order valence-corrected chi connectivity index (χ4v) is 2.46. The number of hydrogen-bond acceptors (Lipinski definition) is 5. The van der Waals surface area contributed by atoms with Crippen molar-refractivity contribution < 1.29 is 18.4 Å².